The van der Waals surface area contributed by atoms with E-state index < -0.39 is 0 Å². The van der Waals surface area contributed by atoms with Gasteiger partial charge in [0.25, 0.3) is 5.91 Å². The van der Waals surface area contributed by atoms with Gasteiger partial charge in [0.1, 0.15) is 19.0 Å². The molecule has 2 aliphatic rings. The van der Waals surface area contributed by atoms with Gasteiger partial charge in [0.15, 0.2) is 11.5 Å². The van der Waals surface area contributed by atoms with Crippen molar-refractivity contribution in [3.8, 4) is 17.2 Å². The molecule has 2 amide bonds. The molecule has 0 bridgehead atoms. The van der Waals surface area contributed by atoms with Crippen LogP contribution in [-0.4, -0.2) is 55.7 Å². The van der Waals surface area contributed by atoms with E-state index in [-0.39, 0.29) is 23.8 Å². The summed E-state index contributed by atoms with van der Waals surface area (Å²) >= 11 is 0. The van der Waals surface area contributed by atoms with Crippen LogP contribution in [0.4, 0.5) is 0 Å². The van der Waals surface area contributed by atoms with Gasteiger partial charge in [-0.05, 0) is 62.9 Å². The van der Waals surface area contributed by atoms with Gasteiger partial charge in [-0.15, -0.1) is 0 Å². The summed E-state index contributed by atoms with van der Waals surface area (Å²) in [4.78, 5) is 28.0. The number of benzene rings is 2. The number of para-hydroxylation sites is 1. The van der Waals surface area contributed by atoms with Gasteiger partial charge in [0.2, 0.25) is 5.91 Å². The number of amides is 2. The van der Waals surface area contributed by atoms with E-state index in [0.29, 0.717) is 50.0 Å². The summed E-state index contributed by atoms with van der Waals surface area (Å²) in [5.74, 6) is 1.77. The van der Waals surface area contributed by atoms with E-state index >= 15 is 0 Å². The summed E-state index contributed by atoms with van der Waals surface area (Å²) in [5, 5.41) is 3.23. The highest BCUT2D eigenvalue weighted by atomic mass is 16.5. The highest BCUT2D eigenvalue weighted by molar-refractivity contribution is 5.95. The molecular weight excluding hydrogens is 456 g/mol. The van der Waals surface area contributed by atoms with Crippen LogP contribution in [0.5, 0.6) is 17.2 Å². The molecular formula is C29H38N2O5. The fourth-order valence-corrected chi connectivity index (χ4v) is 4.98. The van der Waals surface area contributed by atoms with Gasteiger partial charge < -0.3 is 24.4 Å². The van der Waals surface area contributed by atoms with Crippen molar-refractivity contribution in [3.63, 3.8) is 0 Å². The van der Waals surface area contributed by atoms with Crippen LogP contribution in [0.25, 0.3) is 0 Å². The first-order valence-electron chi connectivity index (χ1n) is 13.3. The molecule has 194 valence electrons. The molecule has 1 aliphatic carbocycles. The molecule has 7 heteroatoms. The molecule has 4 rings (SSSR count). The number of hydrogen-bond donors (Lipinski definition) is 1. The number of piperidine rings is 1. The molecule has 1 heterocycles. The number of hydrogen-bond acceptors (Lipinski definition) is 5. The zero-order valence-corrected chi connectivity index (χ0v) is 21.2. The maximum Gasteiger partial charge on any atom is 0.254 e. The molecule has 0 spiro atoms. The van der Waals surface area contributed by atoms with Crippen molar-refractivity contribution >= 4 is 11.8 Å². The second kappa shape index (κ2) is 13.2. The van der Waals surface area contributed by atoms with Crippen molar-refractivity contribution in [1.82, 2.24) is 10.2 Å². The van der Waals surface area contributed by atoms with Gasteiger partial charge >= 0.3 is 0 Å². The van der Waals surface area contributed by atoms with Crippen molar-refractivity contribution < 1.29 is 23.8 Å². The minimum Gasteiger partial charge on any atom is -0.490 e. The Morgan fingerprint density at radius 3 is 2.44 bits per heavy atom. The van der Waals surface area contributed by atoms with Crippen LogP contribution in [0.3, 0.4) is 0 Å². The first kappa shape index (κ1) is 25.9. The molecule has 2 fully saturated rings. The smallest absolute Gasteiger partial charge is 0.254 e. The molecule has 7 nitrogen and oxygen atoms in total. The first-order valence-corrected chi connectivity index (χ1v) is 13.3. The van der Waals surface area contributed by atoms with Gasteiger partial charge in [-0.2, -0.15) is 0 Å². The lowest BCUT2D eigenvalue weighted by Crippen LogP contribution is -2.47. The summed E-state index contributed by atoms with van der Waals surface area (Å²) in [5.41, 5.74) is 0.541. The van der Waals surface area contributed by atoms with E-state index in [1.54, 1.807) is 23.1 Å². The van der Waals surface area contributed by atoms with Gasteiger partial charge in [0, 0.05) is 24.7 Å². The zero-order valence-electron chi connectivity index (χ0n) is 21.2. The van der Waals surface area contributed by atoms with Gasteiger partial charge in [-0.1, -0.05) is 37.5 Å². The van der Waals surface area contributed by atoms with Gasteiger partial charge in [-0.3, -0.25) is 9.59 Å². The summed E-state index contributed by atoms with van der Waals surface area (Å²) in [6.07, 6.45) is 7.40. The Morgan fingerprint density at radius 1 is 0.889 bits per heavy atom. The standard InChI is InChI=1S/C29H38N2O5/c1-2-34-27-20-22(15-16-26(27)36-19-18-35-25-13-7-4-8-14-25)29(33)31-17-9-10-23(21-31)28(32)30-24-11-5-3-6-12-24/h4,7-8,13-16,20,23-24H,2-3,5-6,9-12,17-19,21H2,1H3,(H,30,32). The van der Waals surface area contributed by atoms with Crippen molar-refractivity contribution in [2.45, 2.75) is 57.9 Å². The average molecular weight is 495 g/mol. The van der Waals surface area contributed by atoms with Crippen LogP contribution in [0.2, 0.25) is 0 Å². The summed E-state index contributed by atoms with van der Waals surface area (Å²) in [7, 11) is 0. The maximum absolute atomic E-state index is 13.3. The Morgan fingerprint density at radius 2 is 1.67 bits per heavy atom. The minimum absolute atomic E-state index is 0.0786. The molecule has 1 N–H and O–H groups in total. The molecule has 0 aromatic heterocycles. The van der Waals surface area contributed by atoms with E-state index in [1.807, 2.05) is 37.3 Å². The van der Waals surface area contributed by atoms with Gasteiger partial charge in [-0.25, -0.2) is 0 Å². The number of likely N-dealkylation sites (tertiary alicyclic amines) is 1. The predicted octanol–water partition coefficient (Wildman–Crippen LogP) is 4.84. The molecule has 1 saturated heterocycles. The molecule has 0 radical (unpaired) electrons. The molecule has 1 saturated carbocycles. The second-order valence-electron chi connectivity index (χ2n) is 9.54. The van der Waals surface area contributed by atoms with E-state index in [2.05, 4.69) is 5.32 Å². The van der Waals surface area contributed by atoms with Crippen molar-refractivity contribution in [1.29, 1.82) is 0 Å². The highest BCUT2D eigenvalue weighted by Gasteiger charge is 2.30. The monoisotopic (exact) mass is 494 g/mol. The van der Waals surface area contributed by atoms with Crippen LogP contribution in [-0.2, 0) is 4.79 Å². The third-order valence-corrected chi connectivity index (χ3v) is 6.87. The quantitative estimate of drug-likeness (QED) is 0.478. The lowest BCUT2D eigenvalue weighted by atomic mass is 9.92. The maximum atomic E-state index is 13.3. The summed E-state index contributed by atoms with van der Waals surface area (Å²) in [6, 6.07) is 15.2. The SMILES string of the molecule is CCOc1cc(C(=O)N2CCCC(C(=O)NC3CCCCC3)C2)ccc1OCCOc1ccccc1. The fraction of sp³-hybridized carbons (Fsp3) is 0.517. The number of nitrogens with zero attached hydrogens (tertiary/aromatic N) is 1. The van der Waals surface area contributed by atoms with Crippen molar-refractivity contribution in [2.75, 3.05) is 32.9 Å². The van der Waals surface area contributed by atoms with E-state index in [0.717, 1.165) is 31.4 Å². The van der Waals surface area contributed by atoms with Crippen LogP contribution >= 0.6 is 0 Å². The zero-order chi connectivity index (χ0) is 25.2. The lowest BCUT2D eigenvalue weighted by Gasteiger charge is -2.33. The number of rotatable bonds is 10. The van der Waals surface area contributed by atoms with E-state index in [9.17, 15) is 9.59 Å². The number of ether oxygens (including phenoxy) is 3. The van der Waals surface area contributed by atoms with Crippen molar-refractivity contribution in [2.24, 2.45) is 5.92 Å². The third-order valence-electron chi connectivity index (χ3n) is 6.87. The van der Waals surface area contributed by atoms with Gasteiger partial charge in [0.05, 0.1) is 12.5 Å². The Kier molecular flexibility index (Phi) is 9.47. The number of carbonyl (C=O) groups excluding carboxylic acids is 2. The summed E-state index contributed by atoms with van der Waals surface area (Å²) < 4.78 is 17.3. The lowest BCUT2D eigenvalue weighted by molar-refractivity contribution is -0.127. The number of nitrogens with one attached hydrogen (secondary N) is 1. The van der Waals surface area contributed by atoms with Crippen molar-refractivity contribution in [3.05, 3.63) is 54.1 Å². The second-order valence-corrected chi connectivity index (χ2v) is 9.54. The average Bonchev–Trinajstić information content (AvgIpc) is 2.92. The largest absolute Gasteiger partial charge is 0.490 e. The Labute approximate surface area is 214 Å². The Hall–Kier alpha value is -3.22. The third kappa shape index (κ3) is 7.15. The van der Waals surface area contributed by atoms with Crippen LogP contribution in [0.15, 0.2) is 48.5 Å². The topological polar surface area (TPSA) is 77.1 Å². The number of carbonyl (C=O) groups is 2. The normalized spacial score (nSPS) is 18.4. The highest BCUT2D eigenvalue weighted by Crippen LogP contribution is 2.30. The van der Waals surface area contributed by atoms with E-state index in [1.165, 1.54) is 19.3 Å². The fourth-order valence-electron chi connectivity index (χ4n) is 4.98. The molecule has 2 aromatic carbocycles. The summed E-state index contributed by atoms with van der Waals surface area (Å²) in [6.45, 7) is 4.22. The minimum atomic E-state index is -0.150. The predicted molar refractivity (Wildman–Crippen MR) is 139 cm³/mol. The molecule has 1 atom stereocenters. The molecule has 2 aromatic rings. The van der Waals surface area contributed by atoms with E-state index in [4.69, 9.17) is 14.2 Å². The van der Waals surface area contributed by atoms with Crippen LogP contribution in [0.1, 0.15) is 62.2 Å². The Balaban J connectivity index is 1.33. The van der Waals surface area contributed by atoms with Crippen LogP contribution < -0.4 is 19.5 Å². The first-order chi connectivity index (χ1) is 17.6. The van der Waals surface area contributed by atoms with Crippen LogP contribution in [0, 0.1) is 5.92 Å². The molecule has 1 aliphatic heterocycles. The Bertz CT molecular complexity index is 990. The molecule has 36 heavy (non-hydrogen) atoms. The molecule has 1 unspecified atom stereocenters.